The molecule has 0 aliphatic heterocycles. The summed E-state index contributed by atoms with van der Waals surface area (Å²) in [6.07, 6.45) is 1.66. The number of nitrogens with two attached hydrogens (primary N) is 1. The molecule has 10 heavy (non-hydrogen) atoms. The summed E-state index contributed by atoms with van der Waals surface area (Å²) in [5, 5.41) is 0. The second-order valence-corrected chi connectivity index (χ2v) is 2.36. The molecule has 0 amide bonds. The van der Waals surface area contributed by atoms with Crippen LogP contribution in [-0.4, -0.2) is 13.1 Å². The number of hydrogen-bond acceptors (Lipinski definition) is 3. The lowest BCUT2D eigenvalue weighted by Gasteiger charge is -1.99. The first-order valence-corrected chi connectivity index (χ1v) is 3.13. The van der Waals surface area contributed by atoms with Gasteiger partial charge in [-0.1, -0.05) is 19.9 Å². The van der Waals surface area contributed by atoms with Gasteiger partial charge in [-0.2, -0.15) is 0 Å². The molecule has 0 aliphatic rings. The van der Waals surface area contributed by atoms with E-state index >= 15 is 0 Å². The van der Waals surface area contributed by atoms with Gasteiger partial charge in [0.1, 0.15) is 5.70 Å². The van der Waals surface area contributed by atoms with Crippen molar-refractivity contribution >= 4 is 5.97 Å². The van der Waals surface area contributed by atoms with E-state index in [1.165, 1.54) is 7.11 Å². The maximum Gasteiger partial charge on any atom is 0.353 e. The molecule has 0 aromatic carbocycles. The highest BCUT2D eigenvalue weighted by atomic mass is 16.5. The Labute approximate surface area is 60.9 Å². The van der Waals surface area contributed by atoms with E-state index in [0.29, 0.717) is 0 Å². The maximum absolute atomic E-state index is 10.6. The molecule has 0 saturated heterocycles. The van der Waals surface area contributed by atoms with E-state index in [4.69, 9.17) is 5.73 Å². The van der Waals surface area contributed by atoms with Gasteiger partial charge in [0.25, 0.3) is 0 Å². The maximum atomic E-state index is 10.6. The van der Waals surface area contributed by atoms with Crippen LogP contribution in [0.1, 0.15) is 13.8 Å². The Balaban J connectivity index is 4.05. The lowest BCUT2D eigenvalue weighted by molar-refractivity contribution is -0.136. The summed E-state index contributed by atoms with van der Waals surface area (Å²) >= 11 is 0. The summed E-state index contributed by atoms with van der Waals surface area (Å²) in [6, 6.07) is 0. The summed E-state index contributed by atoms with van der Waals surface area (Å²) in [4.78, 5) is 10.6. The molecule has 0 radical (unpaired) electrons. The highest BCUT2D eigenvalue weighted by Crippen LogP contribution is 1.97. The molecule has 0 aliphatic carbocycles. The number of carbonyl (C=O) groups excluding carboxylic acids is 1. The highest BCUT2D eigenvalue weighted by Gasteiger charge is 2.03. The Morgan fingerprint density at radius 1 is 1.60 bits per heavy atom. The standard InChI is InChI=1S/C7H13NO2/c1-5(2)4-6(8)7(9)10-3/h4-5H,8H2,1-3H3/b6-4-. The Bertz CT molecular complexity index is 150. The molecule has 0 heterocycles. The molecule has 0 saturated carbocycles. The molecule has 0 fully saturated rings. The van der Waals surface area contributed by atoms with Crippen LogP contribution in [0.3, 0.4) is 0 Å². The average molecular weight is 143 g/mol. The van der Waals surface area contributed by atoms with Crippen LogP contribution >= 0.6 is 0 Å². The van der Waals surface area contributed by atoms with Crippen molar-refractivity contribution in [3.63, 3.8) is 0 Å². The van der Waals surface area contributed by atoms with E-state index in [1.54, 1.807) is 6.08 Å². The van der Waals surface area contributed by atoms with E-state index < -0.39 is 5.97 Å². The highest BCUT2D eigenvalue weighted by molar-refractivity contribution is 5.87. The Morgan fingerprint density at radius 3 is 2.40 bits per heavy atom. The Hall–Kier alpha value is -0.990. The van der Waals surface area contributed by atoms with E-state index in [1.807, 2.05) is 13.8 Å². The minimum Gasteiger partial charge on any atom is -0.464 e. The largest absolute Gasteiger partial charge is 0.464 e. The Morgan fingerprint density at radius 2 is 2.10 bits per heavy atom. The number of hydrogen-bond donors (Lipinski definition) is 1. The molecule has 0 bridgehead atoms. The quantitative estimate of drug-likeness (QED) is 0.456. The van der Waals surface area contributed by atoms with Gasteiger partial charge in [-0.15, -0.1) is 0 Å². The van der Waals surface area contributed by atoms with Crippen LogP contribution in [0.25, 0.3) is 0 Å². The van der Waals surface area contributed by atoms with Crippen LogP contribution in [0.15, 0.2) is 11.8 Å². The first-order chi connectivity index (χ1) is 4.57. The molecule has 0 aromatic rings. The molecule has 3 heteroatoms. The summed E-state index contributed by atoms with van der Waals surface area (Å²) in [5.41, 5.74) is 5.49. The van der Waals surface area contributed by atoms with Crippen molar-refractivity contribution in [1.29, 1.82) is 0 Å². The van der Waals surface area contributed by atoms with Crippen molar-refractivity contribution < 1.29 is 9.53 Å². The van der Waals surface area contributed by atoms with E-state index in [0.717, 1.165) is 0 Å². The van der Waals surface area contributed by atoms with Gasteiger partial charge in [0.15, 0.2) is 0 Å². The number of allylic oxidation sites excluding steroid dienone is 1. The lowest BCUT2D eigenvalue weighted by Crippen LogP contribution is -2.13. The van der Waals surface area contributed by atoms with Crippen LogP contribution in [0, 0.1) is 5.92 Å². The minimum atomic E-state index is -0.464. The number of rotatable bonds is 2. The second kappa shape index (κ2) is 3.93. The van der Waals surface area contributed by atoms with E-state index in [9.17, 15) is 4.79 Å². The van der Waals surface area contributed by atoms with Gasteiger partial charge in [0.2, 0.25) is 0 Å². The minimum absolute atomic E-state index is 0.178. The first-order valence-electron chi connectivity index (χ1n) is 3.13. The fourth-order valence-electron chi connectivity index (χ4n) is 0.545. The summed E-state index contributed by atoms with van der Waals surface area (Å²) in [5.74, 6) is -0.187. The first kappa shape index (κ1) is 9.01. The zero-order chi connectivity index (χ0) is 8.15. The van der Waals surface area contributed by atoms with Crippen molar-refractivity contribution in [2.75, 3.05) is 7.11 Å². The summed E-state index contributed by atoms with van der Waals surface area (Å²) in [7, 11) is 1.31. The van der Waals surface area contributed by atoms with Gasteiger partial charge in [-0.05, 0) is 5.92 Å². The number of methoxy groups -OCH3 is 1. The van der Waals surface area contributed by atoms with Crippen molar-refractivity contribution in [2.24, 2.45) is 11.7 Å². The number of ether oxygens (including phenoxy) is 1. The molecule has 0 aromatic heterocycles. The molecule has 0 rings (SSSR count). The Kier molecular flexibility index (Phi) is 3.54. The molecule has 58 valence electrons. The van der Waals surface area contributed by atoms with Crippen molar-refractivity contribution in [3.8, 4) is 0 Å². The third-order valence-corrected chi connectivity index (χ3v) is 0.934. The molecule has 0 unspecified atom stereocenters. The van der Waals surface area contributed by atoms with Gasteiger partial charge in [-0.25, -0.2) is 4.79 Å². The van der Waals surface area contributed by atoms with E-state index in [2.05, 4.69) is 4.74 Å². The topological polar surface area (TPSA) is 52.3 Å². The fraction of sp³-hybridized carbons (Fsp3) is 0.571. The molecular weight excluding hydrogens is 130 g/mol. The molecule has 3 nitrogen and oxygen atoms in total. The summed E-state index contributed by atoms with van der Waals surface area (Å²) in [6.45, 7) is 3.88. The molecule has 2 N–H and O–H groups in total. The van der Waals surface area contributed by atoms with Crippen LogP contribution in [0.4, 0.5) is 0 Å². The van der Waals surface area contributed by atoms with Crippen LogP contribution < -0.4 is 5.73 Å². The zero-order valence-corrected chi connectivity index (χ0v) is 6.55. The number of carbonyl (C=O) groups is 1. The predicted molar refractivity (Wildman–Crippen MR) is 39.1 cm³/mol. The fourth-order valence-corrected chi connectivity index (χ4v) is 0.545. The van der Waals surface area contributed by atoms with Crippen LogP contribution in [-0.2, 0) is 9.53 Å². The van der Waals surface area contributed by atoms with Crippen molar-refractivity contribution in [3.05, 3.63) is 11.8 Å². The normalized spacial score (nSPS) is 11.8. The van der Waals surface area contributed by atoms with Crippen molar-refractivity contribution in [2.45, 2.75) is 13.8 Å². The van der Waals surface area contributed by atoms with Gasteiger partial charge in [-0.3, -0.25) is 0 Å². The predicted octanol–water partition coefficient (Wildman–Crippen LogP) is 0.658. The number of esters is 1. The van der Waals surface area contributed by atoms with Crippen LogP contribution in [0.2, 0.25) is 0 Å². The molecular formula is C7H13NO2. The van der Waals surface area contributed by atoms with Gasteiger partial charge in [0.05, 0.1) is 7.11 Å². The van der Waals surface area contributed by atoms with Gasteiger partial charge >= 0.3 is 5.97 Å². The van der Waals surface area contributed by atoms with E-state index in [-0.39, 0.29) is 11.6 Å². The second-order valence-electron chi connectivity index (χ2n) is 2.36. The third kappa shape index (κ3) is 3.12. The van der Waals surface area contributed by atoms with Gasteiger partial charge in [0, 0.05) is 0 Å². The monoisotopic (exact) mass is 143 g/mol. The smallest absolute Gasteiger partial charge is 0.353 e. The molecule has 0 spiro atoms. The van der Waals surface area contributed by atoms with Gasteiger partial charge < -0.3 is 10.5 Å². The summed E-state index contributed by atoms with van der Waals surface area (Å²) < 4.78 is 4.38. The van der Waals surface area contributed by atoms with Crippen molar-refractivity contribution in [1.82, 2.24) is 0 Å². The third-order valence-electron chi connectivity index (χ3n) is 0.934. The SMILES string of the molecule is COC(=O)/C(N)=C/C(C)C. The zero-order valence-electron chi connectivity index (χ0n) is 6.55. The molecule has 0 atom stereocenters. The lowest BCUT2D eigenvalue weighted by atomic mass is 10.2. The average Bonchev–Trinajstić information content (AvgIpc) is 1.85. The van der Waals surface area contributed by atoms with Crippen LogP contribution in [0.5, 0.6) is 0 Å².